The lowest BCUT2D eigenvalue weighted by atomic mass is 10.0. The first kappa shape index (κ1) is 11.5. The Morgan fingerprint density at radius 1 is 1.47 bits per heavy atom. The average molecular weight is 255 g/mol. The number of benzene rings is 1. The average Bonchev–Trinajstić information content (AvgIpc) is 2.69. The minimum atomic E-state index is -0.229. The number of imidazole rings is 1. The third kappa shape index (κ3) is 1.40. The largest absolute Gasteiger partial charge is 0.369 e. The van der Waals surface area contributed by atoms with Crippen LogP contribution in [0.2, 0.25) is 0 Å². The number of aromatic amines is 1. The second-order valence-corrected chi connectivity index (χ2v) is 4.52. The van der Waals surface area contributed by atoms with E-state index in [4.69, 9.17) is 11.1 Å². The third-order valence-corrected chi connectivity index (χ3v) is 3.50. The number of nitrogens with one attached hydrogen (secondary N) is 2. The summed E-state index contributed by atoms with van der Waals surface area (Å²) in [5.74, 6) is 0.371. The summed E-state index contributed by atoms with van der Waals surface area (Å²) < 4.78 is 1.70. The van der Waals surface area contributed by atoms with Gasteiger partial charge in [0, 0.05) is 13.3 Å². The molecule has 3 rings (SSSR count). The summed E-state index contributed by atoms with van der Waals surface area (Å²) in [5, 5.41) is 8.71. The monoisotopic (exact) mass is 255 g/mol. The van der Waals surface area contributed by atoms with Crippen molar-refractivity contribution in [2.45, 2.75) is 6.92 Å². The molecule has 96 valence electrons. The topological polar surface area (TPSA) is 101 Å². The number of hydrogen-bond acceptors (Lipinski definition) is 4. The molecule has 0 atom stereocenters. The third-order valence-electron chi connectivity index (χ3n) is 3.50. The molecular weight excluding hydrogens is 242 g/mol. The fourth-order valence-corrected chi connectivity index (χ4v) is 2.43. The number of hydrogen-bond donors (Lipinski definition) is 3. The summed E-state index contributed by atoms with van der Waals surface area (Å²) in [6.45, 7) is 1.88. The molecule has 0 saturated heterocycles. The quantitative estimate of drug-likeness (QED) is 0.571. The van der Waals surface area contributed by atoms with Crippen molar-refractivity contribution in [3.8, 4) is 0 Å². The van der Waals surface area contributed by atoms with E-state index >= 15 is 0 Å². The van der Waals surface area contributed by atoms with Crippen molar-refractivity contribution in [2.75, 3.05) is 5.73 Å². The Bertz CT molecular complexity index is 888. The number of rotatable bonds is 1. The maximum atomic E-state index is 12.2. The highest BCUT2D eigenvalue weighted by molar-refractivity contribution is 6.07. The van der Waals surface area contributed by atoms with Gasteiger partial charge < -0.3 is 20.7 Å². The van der Waals surface area contributed by atoms with E-state index in [-0.39, 0.29) is 5.56 Å². The van der Waals surface area contributed by atoms with Crippen LogP contribution in [0.25, 0.3) is 21.8 Å². The Morgan fingerprint density at radius 3 is 2.89 bits per heavy atom. The first-order valence-corrected chi connectivity index (χ1v) is 5.82. The maximum Gasteiger partial charge on any atom is 0.258 e. The minimum absolute atomic E-state index is 0.229. The zero-order valence-corrected chi connectivity index (χ0v) is 10.6. The van der Waals surface area contributed by atoms with E-state index in [1.165, 1.54) is 0 Å². The number of aryl methyl sites for hydroxylation is 2. The number of fused-ring (bicyclic) bond motifs is 3. The van der Waals surface area contributed by atoms with Crippen LogP contribution in [-0.4, -0.2) is 20.7 Å². The molecule has 0 unspecified atom stereocenters. The van der Waals surface area contributed by atoms with Gasteiger partial charge in [-0.25, -0.2) is 4.98 Å². The normalized spacial score (nSPS) is 11.3. The predicted octanol–water partition coefficient (Wildman–Crippen LogP) is 1.30. The van der Waals surface area contributed by atoms with Gasteiger partial charge in [0.1, 0.15) is 0 Å². The van der Waals surface area contributed by atoms with Gasteiger partial charge in [-0.1, -0.05) is 6.07 Å². The predicted molar refractivity (Wildman–Crippen MR) is 75.9 cm³/mol. The Hall–Kier alpha value is -2.63. The molecule has 4 N–H and O–H groups in total. The fraction of sp³-hybridized carbons (Fsp3) is 0.154. The molecule has 3 aromatic rings. The Balaban J connectivity index is 2.67. The minimum Gasteiger partial charge on any atom is -0.369 e. The van der Waals surface area contributed by atoms with Crippen molar-refractivity contribution in [3.63, 3.8) is 0 Å². The molecule has 6 heteroatoms. The van der Waals surface area contributed by atoms with Gasteiger partial charge >= 0.3 is 0 Å². The number of aromatic nitrogens is 3. The standard InChI is InChI=1S/C13H13N5O/c1-6-7-3-4-8-11(18(2)13(15)17-8)10(7)12(19)16-9(6)5-14/h3-5,14H,1-2H3,(H2,15,17)(H,16,19). The number of H-pyrrole nitrogens is 1. The smallest absolute Gasteiger partial charge is 0.258 e. The van der Waals surface area contributed by atoms with Crippen molar-refractivity contribution >= 4 is 34.0 Å². The molecule has 0 amide bonds. The van der Waals surface area contributed by atoms with Crippen molar-refractivity contribution in [3.05, 3.63) is 33.7 Å². The van der Waals surface area contributed by atoms with Crippen LogP contribution >= 0.6 is 0 Å². The molecule has 1 aromatic carbocycles. The van der Waals surface area contributed by atoms with Crippen LogP contribution in [-0.2, 0) is 7.05 Å². The zero-order chi connectivity index (χ0) is 13.7. The van der Waals surface area contributed by atoms with Crippen molar-refractivity contribution in [1.29, 1.82) is 5.41 Å². The second kappa shape index (κ2) is 3.68. The molecular formula is C13H13N5O. The van der Waals surface area contributed by atoms with Crippen molar-refractivity contribution in [2.24, 2.45) is 7.05 Å². The van der Waals surface area contributed by atoms with Crippen LogP contribution in [0.4, 0.5) is 5.95 Å². The summed E-state index contributed by atoms with van der Waals surface area (Å²) in [5.41, 5.74) is 8.36. The van der Waals surface area contributed by atoms with Crippen LogP contribution in [0.5, 0.6) is 0 Å². The van der Waals surface area contributed by atoms with E-state index in [2.05, 4.69) is 9.97 Å². The molecule has 0 bridgehead atoms. The molecule has 0 radical (unpaired) electrons. The lowest BCUT2D eigenvalue weighted by Gasteiger charge is -2.07. The van der Waals surface area contributed by atoms with Gasteiger partial charge in [0.2, 0.25) is 5.95 Å². The number of nitrogens with two attached hydrogens (primary N) is 1. The highest BCUT2D eigenvalue weighted by atomic mass is 16.1. The lowest BCUT2D eigenvalue weighted by molar-refractivity contribution is 0.967. The van der Waals surface area contributed by atoms with Gasteiger partial charge in [0.15, 0.2) is 0 Å². The molecule has 19 heavy (non-hydrogen) atoms. The van der Waals surface area contributed by atoms with Gasteiger partial charge in [-0.2, -0.15) is 0 Å². The summed E-state index contributed by atoms with van der Waals surface area (Å²) in [7, 11) is 1.78. The number of anilines is 1. The molecule has 6 nitrogen and oxygen atoms in total. The van der Waals surface area contributed by atoms with Gasteiger partial charge in [0.05, 0.1) is 22.1 Å². The van der Waals surface area contributed by atoms with Crippen molar-refractivity contribution < 1.29 is 0 Å². The van der Waals surface area contributed by atoms with Gasteiger partial charge in [-0.3, -0.25) is 4.79 Å². The van der Waals surface area contributed by atoms with E-state index in [0.717, 1.165) is 22.7 Å². The van der Waals surface area contributed by atoms with Crippen LogP contribution in [0.1, 0.15) is 11.3 Å². The SMILES string of the molecule is Cc1c(C=N)[nH]c(=O)c2c1ccc1nc(N)n(C)c12. The van der Waals surface area contributed by atoms with Crippen LogP contribution < -0.4 is 11.3 Å². The fourth-order valence-electron chi connectivity index (χ4n) is 2.43. The number of nitrogen functional groups attached to an aromatic ring is 1. The first-order valence-electron chi connectivity index (χ1n) is 5.82. The van der Waals surface area contributed by atoms with E-state index in [1.807, 2.05) is 19.1 Å². The summed E-state index contributed by atoms with van der Waals surface area (Å²) in [6.07, 6.45) is 1.15. The molecule has 0 saturated carbocycles. The second-order valence-electron chi connectivity index (χ2n) is 4.52. The van der Waals surface area contributed by atoms with Crippen molar-refractivity contribution in [1.82, 2.24) is 14.5 Å². The molecule has 0 aliphatic heterocycles. The lowest BCUT2D eigenvalue weighted by Crippen LogP contribution is -2.12. The molecule has 2 aromatic heterocycles. The molecule has 0 aliphatic rings. The van der Waals surface area contributed by atoms with Crippen LogP contribution in [0, 0.1) is 12.3 Å². The highest BCUT2D eigenvalue weighted by Crippen LogP contribution is 2.26. The molecule has 0 aliphatic carbocycles. The van der Waals surface area contributed by atoms with E-state index in [9.17, 15) is 4.79 Å². The van der Waals surface area contributed by atoms with Crippen LogP contribution in [0.15, 0.2) is 16.9 Å². The van der Waals surface area contributed by atoms with E-state index in [0.29, 0.717) is 22.5 Å². The Labute approximate surface area is 108 Å². The van der Waals surface area contributed by atoms with Crippen LogP contribution in [0.3, 0.4) is 0 Å². The summed E-state index contributed by atoms with van der Waals surface area (Å²) >= 11 is 0. The van der Waals surface area contributed by atoms with E-state index in [1.54, 1.807) is 11.6 Å². The summed E-state index contributed by atoms with van der Waals surface area (Å²) in [4.78, 5) is 19.2. The first-order chi connectivity index (χ1) is 9.04. The zero-order valence-electron chi connectivity index (χ0n) is 10.6. The summed E-state index contributed by atoms with van der Waals surface area (Å²) in [6, 6.07) is 3.69. The van der Waals surface area contributed by atoms with Gasteiger partial charge in [-0.05, 0) is 23.9 Å². The van der Waals surface area contributed by atoms with E-state index < -0.39 is 0 Å². The molecule has 0 fully saturated rings. The van der Waals surface area contributed by atoms with Gasteiger partial charge in [-0.15, -0.1) is 0 Å². The Kier molecular flexibility index (Phi) is 2.22. The molecule has 2 heterocycles. The maximum absolute atomic E-state index is 12.2. The number of nitrogens with zero attached hydrogens (tertiary/aromatic N) is 2. The Morgan fingerprint density at radius 2 is 2.21 bits per heavy atom. The van der Waals surface area contributed by atoms with Gasteiger partial charge in [0.25, 0.3) is 5.56 Å². The molecule has 0 spiro atoms. The number of pyridine rings is 1. The highest BCUT2D eigenvalue weighted by Gasteiger charge is 2.14.